The van der Waals surface area contributed by atoms with E-state index in [1.54, 1.807) is 20.8 Å². The Kier molecular flexibility index (Phi) is 18.4. The molecule has 57 heavy (non-hydrogen) atoms. The lowest BCUT2D eigenvalue weighted by Gasteiger charge is -2.46. The lowest BCUT2D eigenvalue weighted by molar-refractivity contribution is -0.154. The van der Waals surface area contributed by atoms with Crippen LogP contribution in [0, 0.1) is 5.92 Å². The van der Waals surface area contributed by atoms with Crippen LogP contribution in [0.2, 0.25) is 0 Å². The number of rotatable bonds is 21. The first-order valence-electron chi connectivity index (χ1n) is 19.5. The predicted octanol–water partition coefficient (Wildman–Crippen LogP) is 1.38. The third-order valence-electron chi connectivity index (χ3n) is 9.59. The molecule has 6 amide bonds. The average Bonchev–Trinajstić information content (AvgIpc) is 3.13. The quantitative estimate of drug-likeness (QED) is 0.112. The van der Waals surface area contributed by atoms with Crippen LogP contribution in [0.25, 0.3) is 5.70 Å². The summed E-state index contributed by atoms with van der Waals surface area (Å²) < 4.78 is 16.5. The van der Waals surface area contributed by atoms with Gasteiger partial charge in [-0.1, -0.05) is 50.1 Å². The van der Waals surface area contributed by atoms with E-state index in [2.05, 4.69) is 27.8 Å². The summed E-state index contributed by atoms with van der Waals surface area (Å²) in [5, 5.41) is 10.5. The molecule has 0 spiro atoms. The van der Waals surface area contributed by atoms with E-state index in [-0.39, 0.29) is 63.5 Å². The molecule has 0 bridgehead atoms. The minimum absolute atomic E-state index is 0.0459. The number of carbonyl (C=O) groups is 7. The number of hydrogen-bond donors (Lipinski definition) is 5. The van der Waals surface area contributed by atoms with E-state index in [1.165, 1.54) is 23.8 Å². The summed E-state index contributed by atoms with van der Waals surface area (Å²) in [5.41, 5.74) is 6.94. The number of hydrogen-bond acceptors (Lipinski definition) is 11. The average molecular weight is 800 g/mol. The molecule has 6 N–H and O–H groups in total. The maximum absolute atomic E-state index is 14.4. The molecule has 1 heterocycles. The van der Waals surface area contributed by atoms with Crippen LogP contribution in [-0.4, -0.2) is 128 Å². The Bertz CT molecular complexity index is 1570. The SMILES string of the molecule is C=C(N)c1ccc(CNC(=O)[C@@H]2CCN2C(=O)[C@@H](C2CCCCC2)N(CC(=O)NCCOCCOCC(=O)N[C@@H](CC(C)=O)C(=O)NC)C(=O)OC(C)(C)C)cc1. The molecule has 3 atom stereocenters. The van der Waals surface area contributed by atoms with Crippen LogP contribution >= 0.6 is 0 Å². The van der Waals surface area contributed by atoms with Gasteiger partial charge in [0.2, 0.25) is 29.5 Å². The highest BCUT2D eigenvalue weighted by molar-refractivity contribution is 5.94. The van der Waals surface area contributed by atoms with E-state index in [1.807, 2.05) is 24.3 Å². The zero-order valence-electron chi connectivity index (χ0n) is 34.0. The maximum atomic E-state index is 14.4. The number of carbonyl (C=O) groups excluding carboxylic acids is 7. The van der Waals surface area contributed by atoms with E-state index in [9.17, 15) is 33.6 Å². The Morgan fingerprint density at radius 2 is 1.60 bits per heavy atom. The Morgan fingerprint density at radius 1 is 0.930 bits per heavy atom. The van der Waals surface area contributed by atoms with Gasteiger partial charge in [-0.05, 0) is 64.0 Å². The molecule has 2 fully saturated rings. The van der Waals surface area contributed by atoms with Crippen molar-refractivity contribution in [1.29, 1.82) is 0 Å². The standard InChI is InChI=1S/C40H61N7O10/c1-26(48)22-31(36(51)42-6)45-34(50)25-56-21-20-55-19-17-43-33(49)24-47(39(54)57-40(3,4)5)35(30-10-8-7-9-11-30)38(53)46-18-16-32(46)37(52)44-23-28-12-14-29(15-13-28)27(2)41/h12-15,30-32,35H,2,7-11,16-25,41H2,1,3-6H3,(H,42,51)(H,43,49)(H,44,52)(H,45,50)/t31-,32-,35+/m0/s1. The summed E-state index contributed by atoms with van der Waals surface area (Å²) in [6.07, 6.45) is 3.61. The fourth-order valence-corrected chi connectivity index (χ4v) is 6.64. The minimum atomic E-state index is -1.02. The van der Waals surface area contributed by atoms with Gasteiger partial charge in [0, 0.05) is 38.8 Å². The maximum Gasteiger partial charge on any atom is 0.411 e. The molecule has 1 aliphatic carbocycles. The summed E-state index contributed by atoms with van der Waals surface area (Å²) in [4.78, 5) is 93.1. The first-order valence-corrected chi connectivity index (χ1v) is 19.5. The molecule has 0 unspecified atom stereocenters. The molecule has 316 valence electrons. The molecule has 1 aromatic rings. The van der Waals surface area contributed by atoms with Gasteiger partial charge in [0.15, 0.2) is 0 Å². The topological polar surface area (TPSA) is 228 Å². The number of amides is 6. The van der Waals surface area contributed by atoms with E-state index >= 15 is 0 Å². The zero-order chi connectivity index (χ0) is 42.1. The summed E-state index contributed by atoms with van der Waals surface area (Å²) in [7, 11) is 1.40. The molecule has 0 aromatic heterocycles. The predicted molar refractivity (Wildman–Crippen MR) is 211 cm³/mol. The minimum Gasteiger partial charge on any atom is -0.444 e. The van der Waals surface area contributed by atoms with Crippen LogP contribution in [0.4, 0.5) is 4.79 Å². The molecule has 0 radical (unpaired) electrons. The number of Topliss-reactive ketones (excluding diaryl/α,β-unsaturated/α-hetero) is 1. The van der Waals surface area contributed by atoms with Gasteiger partial charge in [-0.3, -0.25) is 33.7 Å². The molecular formula is C40H61N7O10. The highest BCUT2D eigenvalue weighted by Crippen LogP contribution is 2.33. The number of benzene rings is 1. The Balaban J connectivity index is 1.58. The monoisotopic (exact) mass is 799 g/mol. The van der Waals surface area contributed by atoms with Gasteiger partial charge < -0.3 is 46.1 Å². The van der Waals surface area contributed by atoms with Crippen molar-refractivity contribution in [1.82, 2.24) is 31.1 Å². The normalized spacial score (nSPS) is 16.6. The smallest absolute Gasteiger partial charge is 0.411 e. The number of nitrogens with two attached hydrogens (primary N) is 1. The molecule has 1 aromatic carbocycles. The molecule has 2 aliphatic rings. The summed E-state index contributed by atoms with van der Waals surface area (Å²) in [5.74, 6) is -2.77. The van der Waals surface area contributed by atoms with Crippen molar-refractivity contribution in [3.05, 3.63) is 42.0 Å². The summed E-state index contributed by atoms with van der Waals surface area (Å²) in [6.45, 7) is 10.3. The molecule has 3 rings (SSSR count). The number of likely N-dealkylation sites (N-methyl/N-ethyl adjacent to an activating group) is 1. The molecule has 17 nitrogen and oxygen atoms in total. The number of likely N-dealkylation sites (tertiary alicyclic amines) is 1. The molecule has 1 aliphatic heterocycles. The van der Waals surface area contributed by atoms with Gasteiger partial charge >= 0.3 is 6.09 Å². The van der Waals surface area contributed by atoms with E-state index < -0.39 is 60.0 Å². The van der Waals surface area contributed by atoms with Crippen LogP contribution in [0.15, 0.2) is 30.8 Å². The second-order valence-electron chi connectivity index (χ2n) is 15.4. The van der Waals surface area contributed by atoms with Gasteiger partial charge in [-0.2, -0.15) is 0 Å². The lowest BCUT2D eigenvalue weighted by atomic mass is 9.81. The van der Waals surface area contributed by atoms with Crippen molar-refractivity contribution in [2.75, 3.05) is 53.1 Å². The lowest BCUT2D eigenvalue weighted by Crippen LogP contribution is -2.65. The van der Waals surface area contributed by atoms with E-state index in [0.29, 0.717) is 31.5 Å². The van der Waals surface area contributed by atoms with Crippen LogP contribution in [0.5, 0.6) is 0 Å². The molecule has 1 saturated carbocycles. The number of ketones is 1. The van der Waals surface area contributed by atoms with E-state index in [4.69, 9.17) is 19.9 Å². The molecular weight excluding hydrogens is 738 g/mol. The Morgan fingerprint density at radius 3 is 2.18 bits per heavy atom. The molecule has 17 heteroatoms. The number of ether oxygens (including phenoxy) is 3. The molecule has 1 saturated heterocycles. The van der Waals surface area contributed by atoms with Gasteiger partial charge in [-0.15, -0.1) is 0 Å². The third kappa shape index (κ3) is 15.4. The van der Waals surface area contributed by atoms with Gasteiger partial charge in [0.05, 0.1) is 19.8 Å². The van der Waals surface area contributed by atoms with Gasteiger partial charge in [0.1, 0.15) is 42.7 Å². The fourth-order valence-electron chi connectivity index (χ4n) is 6.64. The zero-order valence-corrected chi connectivity index (χ0v) is 34.0. The van der Waals surface area contributed by atoms with Gasteiger partial charge in [0.25, 0.3) is 0 Å². The largest absolute Gasteiger partial charge is 0.444 e. The van der Waals surface area contributed by atoms with Crippen molar-refractivity contribution in [2.45, 2.75) is 103 Å². The van der Waals surface area contributed by atoms with Crippen molar-refractivity contribution in [3.63, 3.8) is 0 Å². The second-order valence-corrected chi connectivity index (χ2v) is 15.4. The Hall–Kier alpha value is -5.03. The number of nitrogens with one attached hydrogen (secondary N) is 4. The second kappa shape index (κ2) is 22.6. The van der Waals surface area contributed by atoms with Crippen LogP contribution < -0.4 is 27.0 Å². The fraction of sp³-hybridized carbons (Fsp3) is 0.625. The van der Waals surface area contributed by atoms with E-state index in [0.717, 1.165) is 30.4 Å². The van der Waals surface area contributed by atoms with Gasteiger partial charge in [-0.25, -0.2) is 4.79 Å². The number of nitrogens with zero attached hydrogens (tertiary/aromatic N) is 2. The summed E-state index contributed by atoms with van der Waals surface area (Å²) >= 11 is 0. The van der Waals surface area contributed by atoms with Crippen LogP contribution in [0.1, 0.15) is 83.8 Å². The van der Waals surface area contributed by atoms with Crippen molar-refractivity contribution >= 4 is 47.1 Å². The first kappa shape index (κ1) is 46.4. The highest BCUT2D eigenvalue weighted by atomic mass is 16.6. The van der Waals surface area contributed by atoms with Crippen LogP contribution in [-0.2, 0) is 49.5 Å². The van der Waals surface area contributed by atoms with Crippen molar-refractivity contribution < 1.29 is 47.8 Å². The summed E-state index contributed by atoms with van der Waals surface area (Å²) in [6, 6.07) is 4.60. The Labute approximate surface area is 335 Å². The van der Waals surface area contributed by atoms with Crippen molar-refractivity contribution in [2.24, 2.45) is 11.7 Å². The first-order chi connectivity index (χ1) is 27.0. The van der Waals surface area contributed by atoms with Crippen LogP contribution in [0.3, 0.4) is 0 Å². The van der Waals surface area contributed by atoms with Crippen molar-refractivity contribution in [3.8, 4) is 0 Å². The highest BCUT2D eigenvalue weighted by Gasteiger charge is 2.47. The third-order valence-corrected chi connectivity index (χ3v) is 9.59.